The van der Waals surface area contributed by atoms with Gasteiger partial charge in [-0.05, 0) is 11.6 Å². The fourth-order valence-corrected chi connectivity index (χ4v) is 2.14. The Balaban J connectivity index is 2.94. The SMILES string of the molecule is C=C/C=C(\C(=C)F)C1NC(/C(C=C)=C/C(=C)C(=O)OCCOC)OON1C. The van der Waals surface area contributed by atoms with E-state index in [-0.39, 0.29) is 24.4 Å². The van der Waals surface area contributed by atoms with E-state index in [2.05, 4.69) is 31.6 Å². The number of allylic oxidation sites excluding steroid dienone is 2. The van der Waals surface area contributed by atoms with Crippen molar-refractivity contribution < 1.29 is 28.5 Å². The molecule has 7 nitrogen and oxygen atoms in total. The number of rotatable bonds is 10. The lowest BCUT2D eigenvalue weighted by atomic mass is 10.1. The van der Waals surface area contributed by atoms with Gasteiger partial charge < -0.3 is 9.47 Å². The van der Waals surface area contributed by atoms with Crippen molar-refractivity contribution in [1.29, 1.82) is 0 Å². The molecule has 148 valence electrons. The fourth-order valence-electron chi connectivity index (χ4n) is 2.14. The first-order chi connectivity index (χ1) is 12.8. The van der Waals surface area contributed by atoms with Crippen molar-refractivity contribution in [3.05, 3.63) is 73.2 Å². The molecule has 0 aromatic rings. The molecular formula is C19H25FN2O5. The molecule has 27 heavy (non-hydrogen) atoms. The lowest BCUT2D eigenvalue weighted by molar-refractivity contribution is -0.472. The van der Waals surface area contributed by atoms with Crippen LogP contribution in [0.15, 0.2) is 73.2 Å². The molecule has 0 aromatic heterocycles. The van der Waals surface area contributed by atoms with Gasteiger partial charge in [-0.15, -0.1) is 10.1 Å². The van der Waals surface area contributed by atoms with Crippen molar-refractivity contribution in [3.63, 3.8) is 0 Å². The molecular weight excluding hydrogens is 355 g/mol. The maximum atomic E-state index is 13.8. The van der Waals surface area contributed by atoms with Crippen LogP contribution in [0.2, 0.25) is 0 Å². The Morgan fingerprint density at radius 1 is 1.33 bits per heavy atom. The minimum Gasteiger partial charge on any atom is -0.460 e. The van der Waals surface area contributed by atoms with Gasteiger partial charge >= 0.3 is 5.97 Å². The number of carbonyl (C=O) groups is 1. The number of nitrogens with one attached hydrogen (secondary N) is 1. The summed E-state index contributed by atoms with van der Waals surface area (Å²) in [5, 5.41) is 4.30. The molecule has 0 radical (unpaired) electrons. The summed E-state index contributed by atoms with van der Waals surface area (Å²) in [4.78, 5) is 22.3. The van der Waals surface area contributed by atoms with Crippen LogP contribution in [0.3, 0.4) is 0 Å². The van der Waals surface area contributed by atoms with E-state index in [1.807, 2.05) is 0 Å². The lowest BCUT2D eigenvalue weighted by Gasteiger charge is -2.37. The van der Waals surface area contributed by atoms with Gasteiger partial charge in [-0.2, -0.15) is 4.89 Å². The number of nitrogens with zero attached hydrogens (tertiary/aromatic N) is 1. The van der Waals surface area contributed by atoms with Crippen LogP contribution in [0.5, 0.6) is 0 Å². The Bertz CT molecular complexity index is 656. The van der Waals surface area contributed by atoms with Crippen molar-refractivity contribution in [2.75, 3.05) is 27.4 Å². The Hall–Kier alpha value is -2.36. The number of carbonyl (C=O) groups excluding carboxylic acids is 1. The van der Waals surface area contributed by atoms with Gasteiger partial charge in [0.1, 0.15) is 18.6 Å². The summed E-state index contributed by atoms with van der Waals surface area (Å²) < 4.78 is 23.6. The highest BCUT2D eigenvalue weighted by molar-refractivity contribution is 5.91. The van der Waals surface area contributed by atoms with Crippen LogP contribution < -0.4 is 5.32 Å². The summed E-state index contributed by atoms with van der Waals surface area (Å²) in [6.07, 6.45) is 4.22. The number of methoxy groups -OCH3 is 1. The zero-order valence-corrected chi connectivity index (χ0v) is 15.6. The molecule has 1 aliphatic heterocycles. The predicted octanol–water partition coefficient (Wildman–Crippen LogP) is 2.49. The highest BCUT2D eigenvalue weighted by atomic mass is 19.1. The normalized spacial score (nSPS) is 21.4. The average Bonchev–Trinajstić information content (AvgIpc) is 2.64. The van der Waals surface area contributed by atoms with E-state index in [0.29, 0.717) is 5.57 Å². The van der Waals surface area contributed by atoms with Gasteiger partial charge in [-0.25, -0.2) is 9.18 Å². The van der Waals surface area contributed by atoms with Crippen molar-refractivity contribution in [2.45, 2.75) is 12.4 Å². The number of hydrogen-bond donors (Lipinski definition) is 1. The summed E-state index contributed by atoms with van der Waals surface area (Å²) >= 11 is 0. The first-order valence-corrected chi connectivity index (χ1v) is 8.04. The van der Waals surface area contributed by atoms with Crippen LogP contribution in [0, 0.1) is 0 Å². The van der Waals surface area contributed by atoms with Crippen LogP contribution in [-0.4, -0.2) is 50.8 Å². The van der Waals surface area contributed by atoms with E-state index in [9.17, 15) is 9.18 Å². The molecule has 0 amide bonds. The number of esters is 1. The van der Waals surface area contributed by atoms with Gasteiger partial charge in [0.2, 0.25) is 0 Å². The van der Waals surface area contributed by atoms with Crippen molar-refractivity contribution in [1.82, 2.24) is 10.4 Å². The zero-order chi connectivity index (χ0) is 20.4. The molecule has 0 saturated carbocycles. The van der Waals surface area contributed by atoms with E-state index < -0.39 is 24.2 Å². The summed E-state index contributed by atoms with van der Waals surface area (Å²) in [5.74, 6) is -1.26. The van der Waals surface area contributed by atoms with Gasteiger partial charge in [-0.3, -0.25) is 5.32 Å². The van der Waals surface area contributed by atoms with Gasteiger partial charge in [0.15, 0.2) is 6.23 Å². The highest BCUT2D eigenvalue weighted by Crippen LogP contribution is 2.23. The first-order valence-electron chi connectivity index (χ1n) is 8.04. The zero-order valence-electron chi connectivity index (χ0n) is 15.6. The van der Waals surface area contributed by atoms with Gasteiger partial charge in [0.25, 0.3) is 0 Å². The van der Waals surface area contributed by atoms with Crippen LogP contribution in [0.4, 0.5) is 4.39 Å². The molecule has 1 heterocycles. The molecule has 2 unspecified atom stereocenters. The molecule has 0 bridgehead atoms. The molecule has 1 N–H and O–H groups in total. The Kier molecular flexibility index (Phi) is 9.55. The van der Waals surface area contributed by atoms with Crippen LogP contribution in [-0.2, 0) is 24.1 Å². The number of hydrogen-bond acceptors (Lipinski definition) is 7. The molecule has 0 aromatic carbocycles. The van der Waals surface area contributed by atoms with Gasteiger partial charge in [-0.1, -0.05) is 44.5 Å². The maximum absolute atomic E-state index is 13.8. The van der Waals surface area contributed by atoms with E-state index >= 15 is 0 Å². The van der Waals surface area contributed by atoms with E-state index in [0.717, 1.165) is 0 Å². The second-order valence-corrected chi connectivity index (χ2v) is 5.43. The maximum Gasteiger partial charge on any atom is 0.337 e. The van der Waals surface area contributed by atoms with Crippen LogP contribution in [0.25, 0.3) is 0 Å². The summed E-state index contributed by atoms with van der Waals surface area (Å²) in [6.45, 7) is 14.6. The Labute approximate surface area is 158 Å². The van der Waals surface area contributed by atoms with Crippen molar-refractivity contribution >= 4 is 5.97 Å². The van der Waals surface area contributed by atoms with Gasteiger partial charge in [0.05, 0.1) is 12.2 Å². The highest BCUT2D eigenvalue weighted by Gasteiger charge is 2.33. The lowest BCUT2D eigenvalue weighted by Crippen LogP contribution is -2.56. The molecule has 2 atom stereocenters. The molecule has 1 saturated heterocycles. The van der Waals surface area contributed by atoms with Gasteiger partial charge in [0, 0.05) is 19.7 Å². The first kappa shape index (κ1) is 22.7. The predicted molar refractivity (Wildman–Crippen MR) is 99.4 cm³/mol. The smallest absolute Gasteiger partial charge is 0.337 e. The average molecular weight is 380 g/mol. The molecule has 1 aliphatic rings. The quantitative estimate of drug-likeness (QED) is 0.205. The summed E-state index contributed by atoms with van der Waals surface area (Å²) in [5.41, 5.74) is 0.727. The Morgan fingerprint density at radius 3 is 2.59 bits per heavy atom. The second-order valence-electron chi connectivity index (χ2n) is 5.43. The van der Waals surface area contributed by atoms with E-state index in [1.165, 1.54) is 36.5 Å². The third-order valence-corrected chi connectivity index (χ3v) is 3.50. The van der Waals surface area contributed by atoms with Crippen LogP contribution >= 0.6 is 0 Å². The number of halogens is 1. The molecule has 0 spiro atoms. The summed E-state index contributed by atoms with van der Waals surface area (Å²) in [7, 11) is 3.05. The van der Waals surface area contributed by atoms with Crippen molar-refractivity contribution in [2.24, 2.45) is 0 Å². The molecule has 1 fully saturated rings. The monoisotopic (exact) mass is 380 g/mol. The minimum atomic E-state index is -0.847. The number of hydroxylamine groups is 2. The molecule has 0 aliphatic carbocycles. The summed E-state index contributed by atoms with van der Waals surface area (Å²) in [6, 6.07) is 0. The third-order valence-electron chi connectivity index (χ3n) is 3.50. The van der Waals surface area contributed by atoms with Crippen molar-refractivity contribution in [3.8, 4) is 0 Å². The minimum absolute atomic E-state index is 0.0821. The number of likely N-dealkylation sites (N-methyl/N-ethyl adjacent to an activating group) is 1. The van der Waals surface area contributed by atoms with Crippen LogP contribution in [0.1, 0.15) is 0 Å². The topological polar surface area (TPSA) is 69.3 Å². The van der Waals surface area contributed by atoms with E-state index in [4.69, 9.17) is 19.3 Å². The number of ether oxygens (including phenoxy) is 2. The second kappa shape index (κ2) is 11.4. The van der Waals surface area contributed by atoms with E-state index in [1.54, 1.807) is 7.05 Å². The Morgan fingerprint density at radius 2 is 2.04 bits per heavy atom. The largest absolute Gasteiger partial charge is 0.460 e. The molecule has 1 rings (SSSR count). The third kappa shape index (κ3) is 6.70. The molecule has 8 heteroatoms. The standard InChI is InChI=1S/C19H25FN2O5/c1-7-9-16(14(4)20)17-21-18(26-27-22(17)5)15(8-2)12-13(3)19(23)25-11-10-24-6/h7-9,12,17-18,21H,1-4,10-11H2,5-6H3/b15-12+,16-9+. The fraction of sp³-hybridized carbons (Fsp3) is 0.316.